The summed E-state index contributed by atoms with van der Waals surface area (Å²) < 4.78 is 34.4. The van der Waals surface area contributed by atoms with Crippen LogP contribution in [0.5, 0.6) is 0 Å². The molecule has 0 radical (unpaired) electrons. The Bertz CT molecular complexity index is 1040. The topological polar surface area (TPSA) is 99.8 Å². The highest BCUT2D eigenvalue weighted by molar-refractivity contribution is 7.92. The van der Waals surface area contributed by atoms with Crippen molar-refractivity contribution in [2.45, 2.75) is 30.8 Å². The third kappa shape index (κ3) is 5.40. The van der Waals surface area contributed by atoms with Crippen molar-refractivity contribution >= 4 is 27.3 Å². The number of nitrogens with zero attached hydrogens (tertiary/aromatic N) is 1. The minimum Gasteiger partial charge on any atom is -0.376 e. The van der Waals surface area contributed by atoms with Gasteiger partial charge in [-0.3, -0.25) is 9.52 Å². The van der Waals surface area contributed by atoms with Gasteiger partial charge in [-0.05, 0) is 50.1 Å². The summed E-state index contributed by atoms with van der Waals surface area (Å²) in [6, 6.07) is 11.9. The number of carbonyl (C=O) groups excluding carboxylic acids is 1. The lowest BCUT2D eigenvalue weighted by atomic mass is 10.1. The molecule has 0 bridgehead atoms. The van der Waals surface area contributed by atoms with E-state index < -0.39 is 10.0 Å². The predicted octanol–water partition coefficient (Wildman–Crippen LogP) is 2.11. The van der Waals surface area contributed by atoms with Gasteiger partial charge in [0.1, 0.15) is 0 Å². The minimum atomic E-state index is -3.80. The lowest BCUT2D eigenvalue weighted by Crippen LogP contribution is -2.43. The molecule has 0 saturated carbocycles. The van der Waals surface area contributed by atoms with Gasteiger partial charge in [0.25, 0.3) is 15.9 Å². The molecule has 32 heavy (non-hydrogen) atoms. The normalized spacial score (nSPS) is 19.0. The fourth-order valence-electron chi connectivity index (χ4n) is 3.98. The third-order valence-corrected chi connectivity index (χ3v) is 7.19. The molecule has 0 spiro atoms. The average Bonchev–Trinajstić information content (AvgIpc) is 3.32. The van der Waals surface area contributed by atoms with E-state index in [1.165, 1.54) is 0 Å². The number of sulfonamides is 1. The summed E-state index contributed by atoms with van der Waals surface area (Å²) in [5.74, 6) is -0.247. The fourth-order valence-corrected chi connectivity index (χ4v) is 5.04. The van der Waals surface area contributed by atoms with Gasteiger partial charge in [-0.25, -0.2) is 8.42 Å². The molecule has 1 unspecified atom stereocenters. The number of benzene rings is 2. The Morgan fingerprint density at radius 1 is 1.16 bits per heavy atom. The van der Waals surface area contributed by atoms with Crippen molar-refractivity contribution in [1.29, 1.82) is 0 Å². The number of amides is 1. The van der Waals surface area contributed by atoms with Crippen LogP contribution in [-0.4, -0.2) is 59.8 Å². The lowest BCUT2D eigenvalue weighted by Gasteiger charge is -2.31. The van der Waals surface area contributed by atoms with Crippen LogP contribution in [-0.2, 0) is 14.8 Å². The summed E-state index contributed by atoms with van der Waals surface area (Å²) >= 11 is 0. The molecule has 172 valence electrons. The summed E-state index contributed by atoms with van der Waals surface area (Å²) in [4.78, 5) is 15.1. The van der Waals surface area contributed by atoms with Crippen molar-refractivity contribution in [1.82, 2.24) is 10.6 Å². The van der Waals surface area contributed by atoms with Gasteiger partial charge < -0.3 is 20.3 Å². The Morgan fingerprint density at radius 3 is 2.59 bits per heavy atom. The standard InChI is InChI=1S/C23H30N4O4S/c1-17-4-7-20(8-5-17)32(29,30)26-21-15-18(23(28)25-16-19-3-2-14-31-19)6-9-22(21)27-12-10-24-11-13-27/h4-9,15,19,24,26H,2-3,10-14,16H2,1H3,(H,25,28). The van der Waals surface area contributed by atoms with Crippen molar-refractivity contribution in [3.05, 3.63) is 53.6 Å². The molecule has 2 heterocycles. The van der Waals surface area contributed by atoms with Crippen molar-refractivity contribution in [3.63, 3.8) is 0 Å². The van der Waals surface area contributed by atoms with Crippen LogP contribution in [0, 0.1) is 6.92 Å². The number of rotatable bonds is 7. The van der Waals surface area contributed by atoms with E-state index in [9.17, 15) is 13.2 Å². The molecule has 2 aliphatic rings. The first-order valence-electron chi connectivity index (χ1n) is 11.0. The number of carbonyl (C=O) groups is 1. The monoisotopic (exact) mass is 458 g/mol. The smallest absolute Gasteiger partial charge is 0.261 e. The molecule has 2 aromatic rings. The quantitative estimate of drug-likeness (QED) is 0.588. The van der Waals surface area contributed by atoms with E-state index >= 15 is 0 Å². The first kappa shape index (κ1) is 22.6. The molecule has 0 aliphatic carbocycles. The number of piperazine rings is 1. The van der Waals surface area contributed by atoms with Crippen LogP contribution in [0.1, 0.15) is 28.8 Å². The van der Waals surface area contributed by atoms with Gasteiger partial charge in [-0.1, -0.05) is 17.7 Å². The number of nitrogens with one attached hydrogen (secondary N) is 3. The Balaban J connectivity index is 1.59. The highest BCUT2D eigenvalue weighted by Gasteiger charge is 2.22. The van der Waals surface area contributed by atoms with Crippen LogP contribution in [0.3, 0.4) is 0 Å². The van der Waals surface area contributed by atoms with Crippen LogP contribution in [0.4, 0.5) is 11.4 Å². The molecule has 2 saturated heterocycles. The number of ether oxygens (including phenoxy) is 1. The van der Waals surface area contributed by atoms with Crippen molar-refractivity contribution < 1.29 is 17.9 Å². The first-order valence-corrected chi connectivity index (χ1v) is 12.5. The third-order valence-electron chi connectivity index (χ3n) is 5.81. The Morgan fingerprint density at radius 2 is 1.91 bits per heavy atom. The van der Waals surface area contributed by atoms with Gasteiger partial charge in [0.2, 0.25) is 0 Å². The van der Waals surface area contributed by atoms with E-state index in [2.05, 4.69) is 20.3 Å². The van der Waals surface area contributed by atoms with Gasteiger partial charge >= 0.3 is 0 Å². The van der Waals surface area contributed by atoms with Crippen LogP contribution < -0.4 is 20.3 Å². The second-order valence-corrected chi connectivity index (χ2v) is 9.91. The molecule has 2 aromatic carbocycles. The molecule has 3 N–H and O–H groups in total. The maximum atomic E-state index is 13.1. The number of aryl methyl sites for hydroxylation is 1. The molecule has 2 aliphatic heterocycles. The number of hydrogen-bond acceptors (Lipinski definition) is 6. The maximum Gasteiger partial charge on any atom is 0.261 e. The van der Waals surface area contributed by atoms with Gasteiger partial charge in [0.15, 0.2) is 0 Å². The van der Waals surface area contributed by atoms with Crippen LogP contribution in [0.15, 0.2) is 47.4 Å². The van der Waals surface area contributed by atoms with Gasteiger partial charge in [0.05, 0.1) is 22.4 Å². The summed E-state index contributed by atoms with van der Waals surface area (Å²) in [5.41, 5.74) is 2.55. The summed E-state index contributed by atoms with van der Waals surface area (Å²) in [6.07, 6.45) is 1.98. The van der Waals surface area contributed by atoms with E-state index in [0.29, 0.717) is 17.8 Å². The zero-order valence-electron chi connectivity index (χ0n) is 18.3. The van der Waals surface area contributed by atoms with Crippen molar-refractivity contribution in [2.24, 2.45) is 0 Å². The van der Waals surface area contributed by atoms with Crippen molar-refractivity contribution in [2.75, 3.05) is 49.0 Å². The molecule has 4 rings (SSSR count). The first-order chi connectivity index (χ1) is 15.4. The predicted molar refractivity (Wildman–Crippen MR) is 125 cm³/mol. The fraction of sp³-hybridized carbons (Fsp3) is 0.435. The van der Waals surface area contributed by atoms with Gasteiger partial charge in [-0.15, -0.1) is 0 Å². The minimum absolute atomic E-state index is 0.0404. The Hall–Kier alpha value is -2.62. The highest BCUT2D eigenvalue weighted by Crippen LogP contribution is 2.30. The highest BCUT2D eigenvalue weighted by atomic mass is 32.2. The molecule has 9 heteroatoms. The molecule has 1 atom stereocenters. The number of anilines is 2. The van der Waals surface area contributed by atoms with E-state index in [1.54, 1.807) is 36.4 Å². The number of hydrogen-bond donors (Lipinski definition) is 3. The zero-order chi connectivity index (χ0) is 22.6. The Kier molecular flexibility index (Phi) is 6.98. The van der Waals surface area contributed by atoms with E-state index in [4.69, 9.17) is 4.74 Å². The summed E-state index contributed by atoms with van der Waals surface area (Å²) in [5, 5.41) is 6.20. The zero-order valence-corrected chi connectivity index (χ0v) is 19.1. The van der Waals surface area contributed by atoms with Crippen molar-refractivity contribution in [3.8, 4) is 0 Å². The van der Waals surface area contributed by atoms with Gasteiger partial charge in [-0.2, -0.15) is 0 Å². The van der Waals surface area contributed by atoms with E-state index in [-0.39, 0.29) is 16.9 Å². The molecular formula is C23H30N4O4S. The molecule has 1 amide bonds. The average molecular weight is 459 g/mol. The van der Waals surface area contributed by atoms with Gasteiger partial charge in [0, 0.05) is 44.9 Å². The molecule has 8 nitrogen and oxygen atoms in total. The molecular weight excluding hydrogens is 428 g/mol. The second kappa shape index (κ2) is 9.89. The largest absolute Gasteiger partial charge is 0.376 e. The maximum absolute atomic E-state index is 13.1. The van der Waals surface area contributed by atoms with E-state index in [1.807, 2.05) is 13.0 Å². The Labute approximate surface area is 189 Å². The molecule has 2 fully saturated rings. The second-order valence-electron chi connectivity index (χ2n) is 8.23. The van der Waals surface area contributed by atoms with Crippen LogP contribution in [0.2, 0.25) is 0 Å². The lowest BCUT2D eigenvalue weighted by molar-refractivity contribution is 0.0858. The summed E-state index contributed by atoms with van der Waals surface area (Å²) in [6.45, 7) is 6.22. The molecule has 0 aromatic heterocycles. The van der Waals surface area contributed by atoms with Crippen LogP contribution in [0.25, 0.3) is 0 Å². The van der Waals surface area contributed by atoms with E-state index in [0.717, 1.165) is 56.9 Å². The SMILES string of the molecule is Cc1ccc(S(=O)(=O)Nc2cc(C(=O)NCC3CCCO3)ccc2N2CCNCC2)cc1. The summed E-state index contributed by atoms with van der Waals surface area (Å²) in [7, 11) is -3.80. The van der Waals surface area contributed by atoms with Crippen LogP contribution >= 0.6 is 0 Å².